The standard InChI is InChI=1S/C16H17NO4/c1-2-9-4-3-5-10(8-9)17-15(18)13-11-6-7-12(21-11)14(13)16(19)20/h3-8,11-14H,2H2,1H3,(H,17,18)(H,19,20)/t11-,12+,13-,14-/m0/s1. The van der Waals surface area contributed by atoms with Gasteiger partial charge in [0.1, 0.15) is 5.92 Å². The molecule has 5 heteroatoms. The van der Waals surface area contributed by atoms with Gasteiger partial charge in [0.25, 0.3) is 0 Å². The molecule has 1 aromatic carbocycles. The molecule has 21 heavy (non-hydrogen) atoms. The third-order valence-corrected chi connectivity index (χ3v) is 4.09. The van der Waals surface area contributed by atoms with Crippen molar-refractivity contribution in [3.05, 3.63) is 42.0 Å². The average molecular weight is 287 g/mol. The minimum absolute atomic E-state index is 0.299. The van der Waals surface area contributed by atoms with Gasteiger partial charge in [0, 0.05) is 5.69 Å². The number of fused-ring (bicyclic) bond motifs is 2. The van der Waals surface area contributed by atoms with Crippen LogP contribution in [-0.4, -0.2) is 29.2 Å². The smallest absolute Gasteiger partial charge is 0.310 e. The fourth-order valence-electron chi connectivity index (χ4n) is 3.01. The number of nitrogens with one attached hydrogen (secondary N) is 1. The summed E-state index contributed by atoms with van der Waals surface area (Å²) < 4.78 is 5.51. The van der Waals surface area contributed by atoms with Gasteiger partial charge in [-0.2, -0.15) is 0 Å². The molecular weight excluding hydrogens is 270 g/mol. The zero-order valence-electron chi connectivity index (χ0n) is 11.7. The number of carbonyl (C=O) groups excluding carboxylic acids is 1. The quantitative estimate of drug-likeness (QED) is 0.829. The molecule has 1 fully saturated rings. The van der Waals surface area contributed by atoms with E-state index in [4.69, 9.17) is 4.74 Å². The largest absolute Gasteiger partial charge is 0.481 e. The fraction of sp³-hybridized carbons (Fsp3) is 0.375. The van der Waals surface area contributed by atoms with Crippen LogP contribution >= 0.6 is 0 Å². The number of anilines is 1. The minimum atomic E-state index is -0.991. The maximum atomic E-state index is 12.4. The molecule has 1 saturated heterocycles. The summed E-state index contributed by atoms with van der Waals surface area (Å²) in [4.78, 5) is 23.8. The van der Waals surface area contributed by atoms with Crippen molar-refractivity contribution in [3.8, 4) is 0 Å². The third-order valence-electron chi connectivity index (χ3n) is 4.09. The van der Waals surface area contributed by atoms with Crippen molar-refractivity contribution < 1.29 is 19.4 Å². The van der Waals surface area contributed by atoms with Crippen LogP contribution in [0.1, 0.15) is 12.5 Å². The zero-order valence-corrected chi connectivity index (χ0v) is 11.7. The van der Waals surface area contributed by atoms with Gasteiger partial charge in [0.2, 0.25) is 5.91 Å². The highest BCUT2D eigenvalue weighted by atomic mass is 16.5. The first kappa shape index (κ1) is 13.8. The maximum Gasteiger partial charge on any atom is 0.310 e. The second kappa shape index (κ2) is 5.33. The van der Waals surface area contributed by atoms with Crippen molar-refractivity contribution in [1.29, 1.82) is 0 Å². The summed E-state index contributed by atoms with van der Waals surface area (Å²) >= 11 is 0. The molecule has 0 unspecified atom stereocenters. The second-order valence-corrected chi connectivity index (χ2v) is 5.38. The number of carboxylic acids is 1. The van der Waals surface area contributed by atoms with Crippen molar-refractivity contribution in [1.82, 2.24) is 0 Å². The van der Waals surface area contributed by atoms with Gasteiger partial charge in [-0.1, -0.05) is 31.2 Å². The Kier molecular flexibility index (Phi) is 3.51. The minimum Gasteiger partial charge on any atom is -0.481 e. The Bertz CT molecular complexity index is 610. The Morgan fingerprint density at radius 1 is 1.24 bits per heavy atom. The Morgan fingerprint density at radius 3 is 2.62 bits per heavy atom. The van der Waals surface area contributed by atoms with Crippen molar-refractivity contribution in [2.45, 2.75) is 25.6 Å². The number of hydrogen-bond acceptors (Lipinski definition) is 3. The van der Waals surface area contributed by atoms with E-state index in [1.165, 1.54) is 0 Å². The second-order valence-electron chi connectivity index (χ2n) is 5.38. The molecule has 110 valence electrons. The van der Waals surface area contributed by atoms with E-state index < -0.39 is 30.0 Å². The molecule has 1 amide bonds. The van der Waals surface area contributed by atoms with Crippen LogP contribution in [0.4, 0.5) is 5.69 Å². The number of ether oxygens (including phenoxy) is 1. The van der Waals surface area contributed by atoms with E-state index in [1.807, 2.05) is 25.1 Å². The topological polar surface area (TPSA) is 75.6 Å². The van der Waals surface area contributed by atoms with E-state index in [0.717, 1.165) is 12.0 Å². The predicted octanol–water partition coefficient (Wildman–Crippen LogP) is 1.84. The molecule has 2 N–H and O–H groups in total. The SMILES string of the molecule is CCc1cccc(NC(=O)[C@@H]2[C@@H](C(=O)O)[C@H]3C=C[C@@H]2O3)c1. The average Bonchev–Trinajstić information content (AvgIpc) is 3.07. The summed E-state index contributed by atoms with van der Waals surface area (Å²) in [6.45, 7) is 2.04. The summed E-state index contributed by atoms with van der Waals surface area (Å²) in [5, 5.41) is 12.1. The molecule has 2 heterocycles. The molecule has 0 aromatic heterocycles. The van der Waals surface area contributed by atoms with Crippen LogP contribution in [0, 0.1) is 11.8 Å². The van der Waals surface area contributed by atoms with E-state index in [9.17, 15) is 14.7 Å². The summed E-state index contributed by atoms with van der Waals surface area (Å²) in [6.07, 6.45) is 3.44. The molecule has 1 aromatic rings. The van der Waals surface area contributed by atoms with Gasteiger partial charge in [-0.05, 0) is 24.1 Å². The molecule has 0 radical (unpaired) electrons. The summed E-state index contributed by atoms with van der Waals surface area (Å²) in [5.41, 5.74) is 1.81. The van der Waals surface area contributed by atoms with Crippen LogP contribution in [0.3, 0.4) is 0 Å². The van der Waals surface area contributed by atoms with E-state index >= 15 is 0 Å². The number of aliphatic carboxylic acids is 1. The number of amides is 1. The highest BCUT2D eigenvalue weighted by Gasteiger charge is 2.53. The van der Waals surface area contributed by atoms with Gasteiger partial charge in [0.15, 0.2) is 0 Å². The molecule has 2 bridgehead atoms. The normalized spacial score (nSPS) is 29.6. The zero-order chi connectivity index (χ0) is 15.0. The third kappa shape index (κ3) is 2.45. The van der Waals surface area contributed by atoms with E-state index in [2.05, 4.69) is 5.32 Å². The van der Waals surface area contributed by atoms with Gasteiger partial charge in [-0.25, -0.2) is 0 Å². The van der Waals surface area contributed by atoms with Crippen molar-refractivity contribution in [2.75, 3.05) is 5.32 Å². The monoisotopic (exact) mass is 287 g/mol. The van der Waals surface area contributed by atoms with Crippen molar-refractivity contribution in [2.24, 2.45) is 11.8 Å². The molecule has 0 saturated carbocycles. The van der Waals surface area contributed by atoms with E-state index in [0.29, 0.717) is 5.69 Å². The lowest BCUT2D eigenvalue weighted by molar-refractivity contribution is -0.145. The van der Waals surface area contributed by atoms with Crippen LogP contribution in [-0.2, 0) is 20.7 Å². The van der Waals surface area contributed by atoms with Crippen LogP contribution in [0.15, 0.2) is 36.4 Å². The predicted molar refractivity (Wildman–Crippen MR) is 76.9 cm³/mol. The molecule has 4 atom stereocenters. The summed E-state index contributed by atoms with van der Waals surface area (Å²) in [7, 11) is 0. The lowest BCUT2D eigenvalue weighted by Gasteiger charge is -2.21. The summed E-state index contributed by atoms with van der Waals surface area (Å²) in [6, 6.07) is 7.56. The number of hydrogen-bond donors (Lipinski definition) is 2. The van der Waals surface area contributed by atoms with Crippen LogP contribution in [0.2, 0.25) is 0 Å². The first-order valence-corrected chi connectivity index (χ1v) is 7.06. The Hall–Kier alpha value is -2.14. The van der Waals surface area contributed by atoms with Gasteiger partial charge in [0.05, 0.1) is 18.1 Å². The molecule has 0 spiro atoms. The van der Waals surface area contributed by atoms with E-state index in [-0.39, 0.29) is 5.91 Å². The fourth-order valence-corrected chi connectivity index (χ4v) is 3.01. The number of rotatable bonds is 4. The van der Waals surface area contributed by atoms with E-state index in [1.54, 1.807) is 18.2 Å². The molecule has 0 aliphatic carbocycles. The molecular formula is C16H17NO4. The number of benzene rings is 1. The lowest BCUT2D eigenvalue weighted by Crippen LogP contribution is -2.39. The number of carbonyl (C=O) groups is 2. The van der Waals surface area contributed by atoms with Crippen LogP contribution < -0.4 is 5.32 Å². The highest BCUT2D eigenvalue weighted by Crippen LogP contribution is 2.39. The molecule has 5 nitrogen and oxygen atoms in total. The van der Waals surface area contributed by atoms with Gasteiger partial charge in [-0.3, -0.25) is 9.59 Å². The Labute approximate surface area is 122 Å². The highest BCUT2D eigenvalue weighted by molar-refractivity contribution is 5.96. The lowest BCUT2D eigenvalue weighted by atomic mass is 9.82. The maximum absolute atomic E-state index is 12.4. The van der Waals surface area contributed by atoms with Gasteiger partial charge < -0.3 is 15.2 Å². The van der Waals surface area contributed by atoms with Crippen LogP contribution in [0.25, 0.3) is 0 Å². The van der Waals surface area contributed by atoms with Crippen molar-refractivity contribution >= 4 is 17.6 Å². The Balaban J connectivity index is 1.78. The first-order chi connectivity index (χ1) is 10.1. The summed E-state index contributed by atoms with van der Waals surface area (Å²) in [5.74, 6) is -2.78. The number of carboxylic acid groups (broad SMARTS) is 1. The van der Waals surface area contributed by atoms with Gasteiger partial charge >= 0.3 is 5.97 Å². The van der Waals surface area contributed by atoms with Gasteiger partial charge in [-0.15, -0.1) is 0 Å². The molecule has 2 aliphatic heterocycles. The molecule has 2 aliphatic rings. The Morgan fingerprint density at radius 2 is 1.95 bits per heavy atom. The number of aryl methyl sites for hydroxylation is 1. The molecule has 3 rings (SSSR count). The first-order valence-electron chi connectivity index (χ1n) is 7.06. The van der Waals surface area contributed by atoms with Crippen LogP contribution in [0.5, 0.6) is 0 Å². The van der Waals surface area contributed by atoms with Crippen molar-refractivity contribution in [3.63, 3.8) is 0 Å².